The molecular weight excluding hydrogens is 276 g/mol. The number of hydrogen-bond acceptors (Lipinski definition) is 5. The Hall–Kier alpha value is -1.63. The van der Waals surface area contributed by atoms with Gasteiger partial charge in [0.15, 0.2) is 0 Å². The van der Waals surface area contributed by atoms with Crippen molar-refractivity contribution < 1.29 is 9.53 Å². The first-order valence-corrected chi connectivity index (χ1v) is 7.47. The molecule has 0 spiro atoms. The molecule has 3 rings (SSSR count). The first-order chi connectivity index (χ1) is 9.33. The maximum Gasteiger partial charge on any atom is 0.410 e. The predicted octanol–water partition coefficient (Wildman–Crippen LogP) is 2.39. The predicted molar refractivity (Wildman–Crippen MR) is 75.9 cm³/mol. The molecule has 0 bridgehead atoms. The van der Waals surface area contributed by atoms with Gasteiger partial charge in [0.1, 0.15) is 10.6 Å². The molecule has 3 heterocycles. The van der Waals surface area contributed by atoms with Gasteiger partial charge in [-0.3, -0.25) is 0 Å². The number of nitrogens with zero attached hydrogens (tertiary/aromatic N) is 4. The van der Waals surface area contributed by atoms with Crippen LogP contribution in [0.3, 0.4) is 0 Å². The van der Waals surface area contributed by atoms with Crippen LogP contribution in [0, 0.1) is 6.92 Å². The van der Waals surface area contributed by atoms with Crippen LogP contribution in [0.4, 0.5) is 4.79 Å². The Labute approximate surface area is 121 Å². The number of rotatable bonds is 0. The summed E-state index contributed by atoms with van der Waals surface area (Å²) in [4.78, 5) is 19.3. The summed E-state index contributed by atoms with van der Waals surface area (Å²) in [5.41, 5.74) is 1.58. The maximum atomic E-state index is 12.1. The number of imidazole rings is 1. The van der Waals surface area contributed by atoms with Crippen LogP contribution in [0.2, 0.25) is 0 Å². The van der Waals surface area contributed by atoms with E-state index in [1.54, 1.807) is 16.2 Å². The molecule has 2 aromatic rings. The summed E-state index contributed by atoms with van der Waals surface area (Å²) in [6.07, 6.45) is 0.481. The minimum absolute atomic E-state index is 0.273. The summed E-state index contributed by atoms with van der Waals surface area (Å²) >= 11 is 1.57. The second kappa shape index (κ2) is 4.44. The lowest BCUT2D eigenvalue weighted by Crippen LogP contribution is -2.40. The van der Waals surface area contributed by atoms with Crippen LogP contribution >= 0.6 is 11.3 Å². The monoisotopic (exact) mass is 294 g/mol. The average Bonchev–Trinajstić information content (AvgIpc) is 2.82. The molecule has 0 saturated heterocycles. The van der Waals surface area contributed by atoms with Crippen molar-refractivity contribution in [1.82, 2.24) is 19.5 Å². The fourth-order valence-corrected chi connectivity index (χ4v) is 3.05. The van der Waals surface area contributed by atoms with Gasteiger partial charge in [-0.05, 0) is 27.7 Å². The second-order valence-corrected chi connectivity index (χ2v) is 7.13. The van der Waals surface area contributed by atoms with Gasteiger partial charge in [-0.1, -0.05) is 11.3 Å². The number of fused-ring (bicyclic) bond motifs is 3. The minimum Gasteiger partial charge on any atom is -0.444 e. The maximum absolute atomic E-state index is 12.1. The number of carbonyl (C=O) groups is 1. The zero-order chi connectivity index (χ0) is 14.5. The third-order valence-corrected chi connectivity index (χ3v) is 3.92. The number of aromatic nitrogens is 3. The summed E-state index contributed by atoms with van der Waals surface area (Å²) in [7, 11) is 0. The highest BCUT2D eigenvalue weighted by atomic mass is 32.1. The van der Waals surface area contributed by atoms with Gasteiger partial charge in [0, 0.05) is 13.0 Å². The summed E-state index contributed by atoms with van der Waals surface area (Å²) in [6, 6.07) is 0. The molecule has 1 aliphatic rings. The smallest absolute Gasteiger partial charge is 0.410 e. The third-order valence-electron chi connectivity index (χ3n) is 3.09. The van der Waals surface area contributed by atoms with E-state index in [2.05, 4.69) is 10.1 Å². The SMILES string of the molecule is Cc1nn2c3c(nc2s1)CCN(C(=O)OC(C)(C)C)C3. The van der Waals surface area contributed by atoms with Crippen LogP contribution in [-0.2, 0) is 17.7 Å². The van der Waals surface area contributed by atoms with Gasteiger partial charge in [0.05, 0.1) is 17.9 Å². The highest BCUT2D eigenvalue weighted by molar-refractivity contribution is 7.16. The third kappa shape index (κ3) is 2.37. The molecule has 0 aliphatic carbocycles. The van der Waals surface area contributed by atoms with Gasteiger partial charge in [-0.2, -0.15) is 5.10 Å². The van der Waals surface area contributed by atoms with Crippen molar-refractivity contribution in [2.45, 2.75) is 46.3 Å². The van der Waals surface area contributed by atoms with E-state index in [0.717, 1.165) is 27.8 Å². The average molecular weight is 294 g/mol. The zero-order valence-electron chi connectivity index (χ0n) is 12.1. The highest BCUT2D eigenvalue weighted by Crippen LogP contribution is 2.24. The van der Waals surface area contributed by atoms with Crippen LogP contribution < -0.4 is 0 Å². The topological polar surface area (TPSA) is 59.7 Å². The van der Waals surface area contributed by atoms with Crippen molar-refractivity contribution in [3.05, 3.63) is 16.4 Å². The van der Waals surface area contributed by atoms with E-state index in [4.69, 9.17) is 4.74 Å². The van der Waals surface area contributed by atoms with Crippen LogP contribution in [0.25, 0.3) is 4.96 Å². The Balaban J connectivity index is 1.85. The van der Waals surface area contributed by atoms with Crippen molar-refractivity contribution in [3.8, 4) is 0 Å². The summed E-state index contributed by atoms with van der Waals surface area (Å²) in [5.74, 6) is 0. The first kappa shape index (κ1) is 13.4. The van der Waals surface area contributed by atoms with E-state index < -0.39 is 5.60 Å². The molecule has 0 aromatic carbocycles. The van der Waals surface area contributed by atoms with Crippen molar-refractivity contribution in [2.75, 3.05) is 6.54 Å². The molecule has 0 atom stereocenters. The summed E-state index contributed by atoms with van der Waals surface area (Å²) in [5, 5.41) is 5.43. The molecule has 1 amide bonds. The number of carbonyl (C=O) groups excluding carboxylic acids is 1. The fourth-order valence-electron chi connectivity index (χ4n) is 2.27. The summed E-state index contributed by atoms with van der Waals surface area (Å²) in [6.45, 7) is 8.74. The van der Waals surface area contributed by atoms with E-state index in [9.17, 15) is 4.79 Å². The number of amides is 1. The van der Waals surface area contributed by atoms with Crippen molar-refractivity contribution in [3.63, 3.8) is 0 Å². The molecule has 0 radical (unpaired) electrons. The van der Waals surface area contributed by atoms with Gasteiger partial charge in [0.2, 0.25) is 4.96 Å². The van der Waals surface area contributed by atoms with Gasteiger partial charge in [0.25, 0.3) is 0 Å². The molecule has 7 heteroatoms. The quantitative estimate of drug-likeness (QED) is 0.748. The molecule has 20 heavy (non-hydrogen) atoms. The van der Waals surface area contributed by atoms with E-state index in [1.165, 1.54) is 0 Å². The Morgan fingerprint density at radius 2 is 2.15 bits per heavy atom. The van der Waals surface area contributed by atoms with Crippen molar-refractivity contribution >= 4 is 22.4 Å². The van der Waals surface area contributed by atoms with Gasteiger partial charge in [-0.15, -0.1) is 0 Å². The summed E-state index contributed by atoms with van der Waals surface area (Å²) < 4.78 is 7.28. The van der Waals surface area contributed by atoms with Crippen LogP contribution in [0.5, 0.6) is 0 Å². The Kier molecular flexibility index (Phi) is 2.97. The van der Waals surface area contributed by atoms with Gasteiger partial charge >= 0.3 is 6.09 Å². The molecular formula is C13H18N4O2S. The number of aryl methyl sites for hydroxylation is 1. The fraction of sp³-hybridized carbons (Fsp3) is 0.615. The van der Waals surface area contributed by atoms with E-state index in [1.807, 2.05) is 32.2 Å². The second-order valence-electron chi connectivity index (χ2n) is 5.97. The minimum atomic E-state index is -0.471. The molecule has 6 nitrogen and oxygen atoms in total. The lowest BCUT2D eigenvalue weighted by atomic mass is 10.1. The number of hydrogen-bond donors (Lipinski definition) is 0. The van der Waals surface area contributed by atoms with Crippen LogP contribution in [0.15, 0.2) is 0 Å². The zero-order valence-corrected chi connectivity index (χ0v) is 13.0. The van der Waals surface area contributed by atoms with E-state index in [0.29, 0.717) is 13.1 Å². The van der Waals surface area contributed by atoms with Crippen molar-refractivity contribution in [1.29, 1.82) is 0 Å². The highest BCUT2D eigenvalue weighted by Gasteiger charge is 2.29. The largest absolute Gasteiger partial charge is 0.444 e. The first-order valence-electron chi connectivity index (χ1n) is 6.65. The van der Waals surface area contributed by atoms with Gasteiger partial charge in [-0.25, -0.2) is 14.3 Å². The molecule has 0 unspecified atom stereocenters. The van der Waals surface area contributed by atoms with E-state index in [-0.39, 0.29) is 6.09 Å². The Morgan fingerprint density at radius 1 is 1.40 bits per heavy atom. The molecule has 0 N–H and O–H groups in total. The molecule has 2 aromatic heterocycles. The lowest BCUT2D eigenvalue weighted by molar-refractivity contribution is 0.0219. The Bertz CT molecular complexity index is 668. The lowest BCUT2D eigenvalue weighted by Gasteiger charge is -2.29. The van der Waals surface area contributed by atoms with E-state index >= 15 is 0 Å². The van der Waals surface area contributed by atoms with Crippen LogP contribution in [-0.4, -0.2) is 37.7 Å². The molecule has 108 valence electrons. The molecule has 1 aliphatic heterocycles. The molecule has 0 fully saturated rings. The molecule has 0 saturated carbocycles. The van der Waals surface area contributed by atoms with Crippen LogP contribution in [0.1, 0.15) is 37.2 Å². The normalized spacial score (nSPS) is 15.5. The standard InChI is InChI=1S/C13H18N4O2S/c1-8-15-17-10-7-16(12(18)19-13(2,3)4)6-5-9(10)14-11(17)20-8/h5-7H2,1-4H3. The van der Waals surface area contributed by atoms with Gasteiger partial charge < -0.3 is 9.64 Å². The Morgan fingerprint density at radius 3 is 2.85 bits per heavy atom. The van der Waals surface area contributed by atoms with Crippen molar-refractivity contribution in [2.24, 2.45) is 0 Å². The number of ether oxygens (including phenoxy) is 1.